The molecule has 1 fully saturated rings. The Morgan fingerprint density at radius 3 is 2.64 bits per heavy atom. The molecule has 2 aromatic carbocycles. The van der Waals surface area contributed by atoms with E-state index in [0.717, 1.165) is 17.4 Å². The maximum atomic E-state index is 13.4. The van der Waals surface area contributed by atoms with Crippen LogP contribution in [0.4, 0.5) is 0 Å². The van der Waals surface area contributed by atoms with Crippen LogP contribution in [0.5, 0.6) is 0 Å². The van der Waals surface area contributed by atoms with Crippen LogP contribution in [0.15, 0.2) is 54.6 Å². The second-order valence-corrected chi connectivity index (χ2v) is 7.90. The number of fused-ring (bicyclic) bond motifs is 4. The Kier molecular flexibility index (Phi) is 3.28. The minimum atomic E-state index is -0.442. The number of benzene rings is 2. The van der Waals surface area contributed by atoms with Crippen molar-refractivity contribution in [3.8, 4) is 0 Å². The van der Waals surface area contributed by atoms with E-state index in [1.807, 2.05) is 42.5 Å². The highest BCUT2D eigenvalue weighted by Gasteiger charge is 2.50. The van der Waals surface area contributed by atoms with Gasteiger partial charge in [-0.1, -0.05) is 48.5 Å². The lowest BCUT2D eigenvalue weighted by molar-refractivity contribution is -0.141. The van der Waals surface area contributed by atoms with Crippen molar-refractivity contribution in [2.75, 3.05) is 6.61 Å². The molecule has 3 nitrogen and oxygen atoms in total. The number of rotatable bonds is 2. The lowest BCUT2D eigenvalue weighted by atomic mass is 9.69. The van der Waals surface area contributed by atoms with Gasteiger partial charge in [-0.05, 0) is 23.4 Å². The van der Waals surface area contributed by atoms with Gasteiger partial charge in [0.2, 0.25) is 0 Å². The second kappa shape index (κ2) is 5.53. The number of esters is 1. The molecule has 0 unspecified atom stereocenters. The molecular formula is C21H16O3S. The van der Waals surface area contributed by atoms with Crippen LogP contribution in [0.1, 0.15) is 26.7 Å². The van der Waals surface area contributed by atoms with Crippen LogP contribution in [0.3, 0.4) is 0 Å². The fraction of sp³-hybridized carbons (Fsp3) is 0.238. The second-order valence-electron chi connectivity index (χ2n) is 6.76. The molecule has 0 spiro atoms. The summed E-state index contributed by atoms with van der Waals surface area (Å²) in [6.07, 6.45) is 0.823. The van der Waals surface area contributed by atoms with Gasteiger partial charge in [0.05, 0.1) is 18.4 Å². The van der Waals surface area contributed by atoms with E-state index in [9.17, 15) is 9.59 Å². The summed E-state index contributed by atoms with van der Waals surface area (Å²) < 4.78 is 6.53. The van der Waals surface area contributed by atoms with Gasteiger partial charge in [-0.25, -0.2) is 0 Å². The van der Waals surface area contributed by atoms with Crippen molar-refractivity contribution in [2.24, 2.45) is 11.8 Å². The highest BCUT2D eigenvalue weighted by atomic mass is 32.1. The normalized spacial score (nSPS) is 24.6. The van der Waals surface area contributed by atoms with E-state index in [2.05, 4.69) is 12.1 Å². The van der Waals surface area contributed by atoms with E-state index in [1.54, 1.807) is 11.3 Å². The summed E-state index contributed by atoms with van der Waals surface area (Å²) in [5.74, 6) is -0.898. The summed E-state index contributed by atoms with van der Waals surface area (Å²) in [6.45, 7) is 0.426. The Labute approximate surface area is 149 Å². The fourth-order valence-corrected chi connectivity index (χ4v) is 5.62. The van der Waals surface area contributed by atoms with E-state index in [1.165, 1.54) is 9.58 Å². The number of ether oxygens (including phenoxy) is 1. The molecule has 4 heteroatoms. The lowest BCUT2D eigenvalue weighted by Gasteiger charge is -2.30. The number of cyclic esters (lactones) is 1. The minimum absolute atomic E-state index is 0.0268. The van der Waals surface area contributed by atoms with E-state index in [4.69, 9.17) is 4.74 Å². The van der Waals surface area contributed by atoms with Crippen molar-refractivity contribution in [3.05, 3.63) is 70.6 Å². The largest absolute Gasteiger partial charge is 0.465 e. The van der Waals surface area contributed by atoms with E-state index >= 15 is 0 Å². The van der Waals surface area contributed by atoms with Gasteiger partial charge in [0.1, 0.15) is 0 Å². The molecule has 0 N–H and O–H groups in total. The van der Waals surface area contributed by atoms with Gasteiger partial charge in [0.15, 0.2) is 5.78 Å². The molecule has 124 valence electrons. The first-order valence-corrected chi connectivity index (χ1v) is 9.32. The molecule has 0 bridgehead atoms. The molecule has 2 heterocycles. The first-order chi connectivity index (χ1) is 12.2. The highest BCUT2D eigenvalue weighted by molar-refractivity contribution is 7.19. The molecule has 0 amide bonds. The smallest absolute Gasteiger partial charge is 0.310 e. The zero-order chi connectivity index (χ0) is 17.0. The van der Waals surface area contributed by atoms with Crippen LogP contribution in [0, 0.1) is 11.8 Å². The van der Waals surface area contributed by atoms with E-state index in [-0.39, 0.29) is 23.6 Å². The topological polar surface area (TPSA) is 43.4 Å². The Bertz CT molecular complexity index is 989. The summed E-state index contributed by atoms with van der Waals surface area (Å²) >= 11 is 1.75. The number of hydrogen-bond acceptors (Lipinski definition) is 4. The quantitative estimate of drug-likeness (QED) is 0.515. The van der Waals surface area contributed by atoms with E-state index < -0.39 is 5.92 Å². The van der Waals surface area contributed by atoms with Crippen LogP contribution >= 0.6 is 11.3 Å². The Hall–Kier alpha value is -2.46. The highest BCUT2D eigenvalue weighted by Crippen LogP contribution is 2.50. The molecule has 3 aromatic rings. The molecule has 25 heavy (non-hydrogen) atoms. The SMILES string of the molecule is O=C1OC[C@H]2Cc3sc4ccccc4c3[C@@H](C(=O)c3ccccc3)[C@H]12. The van der Waals surface area contributed by atoms with Gasteiger partial charge in [-0.15, -0.1) is 11.3 Å². The number of hydrogen-bond donors (Lipinski definition) is 0. The monoisotopic (exact) mass is 348 g/mol. The van der Waals surface area contributed by atoms with Crippen molar-refractivity contribution in [1.29, 1.82) is 0 Å². The average molecular weight is 348 g/mol. The number of carbonyl (C=O) groups is 2. The predicted octanol–water partition coefficient (Wildman–Crippen LogP) is 4.21. The van der Waals surface area contributed by atoms with Crippen molar-refractivity contribution < 1.29 is 14.3 Å². The third-order valence-corrected chi connectivity index (χ3v) is 6.60. The van der Waals surface area contributed by atoms with Crippen LogP contribution in [0.25, 0.3) is 10.1 Å². The van der Waals surface area contributed by atoms with Crippen molar-refractivity contribution in [2.45, 2.75) is 12.3 Å². The summed E-state index contributed by atoms with van der Waals surface area (Å²) in [5, 5.41) is 1.11. The minimum Gasteiger partial charge on any atom is -0.465 e. The first kappa shape index (κ1) is 14.8. The molecule has 2 aliphatic rings. The summed E-state index contributed by atoms with van der Waals surface area (Å²) in [5.41, 5.74) is 1.71. The van der Waals surface area contributed by atoms with Crippen LogP contribution < -0.4 is 0 Å². The zero-order valence-electron chi connectivity index (χ0n) is 13.5. The van der Waals surface area contributed by atoms with Crippen LogP contribution in [-0.4, -0.2) is 18.4 Å². The van der Waals surface area contributed by atoms with Crippen molar-refractivity contribution in [1.82, 2.24) is 0 Å². The fourth-order valence-electron chi connectivity index (χ4n) is 4.28. The van der Waals surface area contributed by atoms with Gasteiger partial charge in [-0.3, -0.25) is 9.59 Å². The van der Waals surface area contributed by atoms with Crippen molar-refractivity contribution in [3.63, 3.8) is 0 Å². The lowest BCUT2D eigenvalue weighted by Crippen LogP contribution is -2.34. The number of carbonyl (C=O) groups excluding carboxylic acids is 2. The Balaban J connectivity index is 1.74. The van der Waals surface area contributed by atoms with Crippen LogP contribution in [-0.2, 0) is 16.0 Å². The van der Waals surface area contributed by atoms with Gasteiger partial charge in [0.25, 0.3) is 0 Å². The predicted molar refractivity (Wildman–Crippen MR) is 97.0 cm³/mol. The molecule has 5 rings (SSSR count). The first-order valence-electron chi connectivity index (χ1n) is 8.50. The van der Waals surface area contributed by atoms with Gasteiger partial charge in [-0.2, -0.15) is 0 Å². The number of Topliss-reactive ketones (excluding diaryl/α,β-unsaturated/α-hetero) is 1. The molecule has 3 atom stereocenters. The molecule has 1 aliphatic carbocycles. The zero-order valence-corrected chi connectivity index (χ0v) is 14.3. The summed E-state index contributed by atoms with van der Waals surface area (Å²) in [6, 6.07) is 17.5. The van der Waals surface area contributed by atoms with Gasteiger partial charge in [0, 0.05) is 21.1 Å². The van der Waals surface area contributed by atoms with Gasteiger partial charge < -0.3 is 4.74 Å². The van der Waals surface area contributed by atoms with Crippen LogP contribution in [0.2, 0.25) is 0 Å². The number of thiophene rings is 1. The molecule has 0 saturated carbocycles. The maximum absolute atomic E-state index is 13.4. The standard InChI is InChI=1S/C21H16O3S/c22-20(12-6-2-1-3-7-12)19-17-13(11-24-21(17)23)10-16-18(19)14-8-4-5-9-15(14)25-16/h1-9,13,17,19H,10-11H2/t13-,17-,19+/m1/s1. The Morgan fingerprint density at radius 2 is 1.80 bits per heavy atom. The summed E-state index contributed by atoms with van der Waals surface area (Å²) in [7, 11) is 0. The Morgan fingerprint density at radius 1 is 1.04 bits per heavy atom. The molecule has 0 radical (unpaired) electrons. The third kappa shape index (κ3) is 2.17. The molecular weight excluding hydrogens is 332 g/mol. The average Bonchev–Trinajstić information content (AvgIpc) is 3.20. The van der Waals surface area contributed by atoms with Gasteiger partial charge >= 0.3 is 5.97 Å². The summed E-state index contributed by atoms with van der Waals surface area (Å²) in [4.78, 5) is 27.1. The number of ketones is 1. The molecule has 1 aromatic heterocycles. The molecule has 1 saturated heterocycles. The molecule has 1 aliphatic heterocycles. The van der Waals surface area contributed by atoms with Crippen molar-refractivity contribution >= 4 is 33.2 Å². The van der Waals surface area contributed by atoms with E-state index in [0.29, 0.717) is 12.2 Å². The third-order valence-electron chi connectivity index (χ3n) is 5.39. The maximum Gasteiger partial charge on any atom is 0.310 e.